The molecule has 31 heavy (non-hydrogen) atoms. The van der Waals surface area contributed by atoms with Crippen LogP contribution in [0.2, 0.25) is 0 Å². The summed E-state index contributed by atoms with van der Waals surface area (Å²) in [6.07, 6.45) is 4.36. The second kappa shape index (κ2) is 9.94. The van der Waals surface area contributed by atoms with Gasteiger partial charge in [-0.3, -0.25) is 4.79 Å². The molecule has 0 atom stereocenters. The number of nitrogens with one attached hydrogen (secondary N) is 1. The summed E-state index contributed by atoms with van der Waals surface area (Å²) in [7, 11) is -3.73. The van der Waals surface area contributed by atoms with Crippen LogP contribution in [-0.2, 0) is 14.8 Å². The van der Waals surface area contributed by atoms with Gasteiger partial charge in [-0.25, -0.2) is 8.42 Å². The van der Waals surface area contributed by atoms with Gasteiger partial charge in [0.15, 0.2) is 0 Å². The van der Waals surface area contributed by atoms with Crippen LogP contribution in [0.15, 0.2) is 59.5 Å². The average molecular weight is 443 g/mol. The Kier molecular flexibility index (Phi) is 7.05. The molecule has 1 aliphatic heterocycles. The smallest absolute Gasteiger partial charge is 0.252 e. The lowest BCUT2D eigenvalue weighted by Gasteiger charge is -2.29. The zero-order chi connectivity index (χ0) is 21.7. The van der Waals surface area contributed by atoms with Gasteiger partial charge in [-0.15, -0.1) is 0 Å². The first-order valence-electron chi connectivity index (χ1n) is 11.1. The van der Waals surface area contributed by atoms with Crippen LogP contribution < -0.4 is 5.32 Å². The summed E-state index contributed by atoms with van der Waals surface area (Å²) in [4.78, 5) is 13.0. The number of rotatable bonds is 6. The van der Waals surface area contributed by atoms with Gasteiger partial charge in [0.2, 0.25) is 10.0 Å². The Morgan fingerprint density at radius 3 is 2.29 bits per heavy atom. The van der Waals surface area contributed by atoms with Gasteiger partial charge in [-0.2, -0.15) is 4.31 Å². The van der Waals surface area contributed by atoms with Crippen molar-refractivity contribution in [3.63, 3.8) is 0 Å². The van der Waals surface area contributed by atoms with E-state index in [1.807, 2.05) is 6.07 Å². The van der Waals surface area contributed by atoms with Gasteiger partial charge in [0.05, 0.1) is 23.7 Å². The molecule has 2 aromatic carbocycles. The number of nitrogens with zero attached hydrogens (tertiary/aromatic N) is 1. The van der Waals surface area contributed by atoms with Gasteiger partial charge >= 0.3 is 0 Å². The van der Waals surface area contributed by atoms with Gasteiger partial charge in [0.25, 0.3) is 5.91 Å². The van der Waals surface area contributed by atoms with Crippen molar-refractivity contribution in [2.24, 2.45) is 5.92 Å². The third-order valence-corrected chi connectivity index (χ3v) is 8.35. The Balaban J connectivity index is 1.37. The molecule has 2 aliphatic rings. The van der Waals surface area contributed by atoms with Crippen molar-refractivity contribution in [3.8, 4) is 0 Å². The first kappa shape index (κ1) is 22.0. The number of ether oxygens (including phenoxy) is 1. The van der Waals surface area contributed by atoms with Crippen LogP contribution in [0.3, 0.4) is 0 Å². The van der Waals surface area contributed by atoms with Crippen molar-refractivity contribution in [1.29, 1.82) is 0 Å². The minimum atomic E-state index is -3.73. The molecule has 6 nitrogen and oxygen atoms in total. The van der Waals surface area contributed by atoms with E-state index >= 15 is 0 Å². The fourth-order valence-corrected chi connectivity index (χ4v) is 6.16. The summed E-state index contributed by atoms with van der Waals surface area (Å²) < 4.78 is 32.8. The molecule has 2 aromatic rings. The predicted octanol–water partition coefficient (Wildman–Crippen LogP) is 3.41. The van der Waals surface area contributed by atoms with Gasteiger partial charge in [0.1, 0.15) is 0 Å². The van der Waals surface area contributed by atoms with E-state index in [9.17, 15) is 13.2 Å². The molecule has 1 saturated heterocycles. The van der Waals surface area contributed by atoms with E-state index < -0.39 is 10.0 Å². The maximum Gasteiger partial charge on any atom is 0.252 e. The minimum Gasteiger partial charge on any atom is -0.379 e. The number of amides is 1. The largest absolute Gasteiger partial charge is 0.379 e. The fraction of sp³-hybridized carbons (Fsp3) is 0.458. The standard InChI is InChI=1S/C24H30N2O4S/c27-24(25-18-19-10-12-21(13-11-19)20-6-2-1-3-7-20)22-8-4-5-9-23(22)31(28,29)26-14-16-30-17-15-26/h1-9,19,21H,10-18H2,(H,25,27). The molecule has 0 radical (unpaired) electrons. The summed E-state index contributed by atoms with van der Waals surface area (Å²) in [5.74, 6) is 0.692. The molecule has 1 N–H and O–H groups in total. The molecule has 1 aliphatic carbocycles. The monoisotopic (exact) mass is 442 g/mol. The van der Waals surface area contributed by atoms with E-state index in [1.165, 1.54) is 15.9 Å². The van der Waals surface area contributed by atoms with Crippen molar-refractivity contribution < 1.29 is 17.9 Å². The van der Waals surface area contributed by atoms with E-state index in [0.717, 1.165) is 25.7 Å². The number of sulfonamides is 1. The zero-order valence-corrected chi connectivity index (χ0v) is 18.5. The maximum atomic E-state index is 13.1. The molecule has 7 heteroatoms. The van der Waals surface area contributed by atoms with Crippen molar-refractivity contribution in [3.05, 3.63) is 65.7 Å². The molecule has 0 unspecified atom stereocenters. The molecule has 1 heterocycles. The van der Waals surface area contributed by atoms with Crippen LogP contribution in [0.5, 0.6) is 0 Å². The molecular formula is C24H30N2O4S. The molecule has 0 aromatic heterocycles. The minimum absolute atomic E-state index is 0.0715. The molecule has 0 bridgehead atoms. The Labute approximate surface area is 184 Å². The van der Waals surface area contributed by atoms with E-state index in [0.29, 0.717) is 44.7 Å². The van der Waals surface area contributed by atoms with Crippen molar-refractivity contribution in [1.82, 2.24) is 9.62 Å². The summed E-state index contributed by atoms with van der Waals surface area (Å²) in [5.41, 5.74) is 1.61. The lowest BCUT2D eigenvalue weighted by atomic mass is 9.78. The van der Waals surface area contributed by atoms with Gasteiger partial charge in [0, 0.05) is 19.6 Å². The molecule has 4 rings (SSSR count). The van der Waals surface area contributed by atoms with Crippen LogP contribution in [0.4, 0.5) is 0 Å². The van der Waals surface area contributed by atoms with Crippen LogP contribution in [0.1, 0.15) is 47.5 Å². The summed E-state index contributed by atoms with van der Waals surface area (Å²) in [6, 6.07) is 17.1. The topological polar surface area (TPSA) is 75.7 Å². The molecule has 166 valence electrons. The number of hydrogen-bond donors (Lipinski definition) is 1. The fourth-order valence-electron chi connectivity index (χ4n) is 4.56. The van der Waals surface area contributed by atoms with Crippen molar-refractivity contribution in [2.45, 2.75) is 36.5 Å². The lowest BCUT2D eigenvalue weighted by Crippen LogP contribution is -2.41. The summed E-state index contributed by atoms with van der Waals surface area (Å²) >= 11 is 0. The number of benzene rings is 2. The third kappa shape index (κ3) is 5.17. The second-order valence-corrected chi connectivity index (χ2v) is 10.3. The quantitative estimate of drug-likeness (QED) is 0.744. The first-order valence-corrected chi connectivity index (χ1v) is 12.5. The Morgan fingerprint density at radius 2 is 1.58 bits per heavy atom. The Morgan fingerprint density at radius 1 is 0.935 bits per heavy atom. The average Bonchev–Trinajstić information content (AvgIpc) is 2.84. The van der Waals surface area contributed by atoms with Crippen molar-refractivity contribution in [2.75, 3.05) is 32.8 Å². The number of carbonyl (C=O) groups is 1. The summed E-state index contributed by atoms with van der Waals surface area (Å²) in [6.45, 7) is 1.94. The van der Waals surface area contributed by atoms with Gasteiger partial charge < -0.3 is 10.1 Å². The summed E-state index contributed by atoms with van der Waals surface area (Å²) in [5, 5.41) is 2.99. The molecular weight excluding hydrogens is 412 g/mol. The Hall–Kier alpha value is -2.22. The third-order valence-electron chi connectivity index (χ3n) is 6.39. The van der Waals surface area contributed by atoms with E-state index in [-0.39, 0.29) is 16.4 Å². The van der Waals surface area contributed by atoms with E-state index in [1.54, 1.807) is 18.2 Å². The molecule has 0 spiro atoms. The highest BCUT2D eigenvalue weighted by molar-refractivity contribution is 7.89. The highest BCUT2D eigenvalue weighted by atomic mass is 32.2. The molecule has 1 amide bonds. The lowest BCUT2D eigenvalue weighted by molar-refractivity contribution is 0.0729. The van der Waals surface area contributed by atoms with Crippen molar-refractivity contribution >= 4 is 15.9 Å². The normalized spacial score (nSPS) is 22.7. The first-order chi connectivity index (χ1) is 15.1. The highest BCUT2D eigenvalue weighted by Gasteiger charge is 2.30. The van der Waals surface area contributed by atoms with Gasteiger partial charge in [-0.05, 0) is 55.2 Å². The molecule has 1 saturated carbocycles. The van der Waals surface area contributed by atoms with Crippen LogP contribution >= 0.6 is 0 Å². The van der Waals surface area contributed by atoms with Crippen LogP contribution in [0, 0.1) is 5.92 Å². The van der Waals surface area contributed by atoms with Crippen LogP contribution in [-0.4, -0.2) is 51.5 Å². The Bertz CT molecular complexity index is 980. The number of morpholine rings is 1. The second-order valence-electron chi connectivity index (χ2n) is 8.35. The molecule has 2 fully saturated rings. The predicted molar refractivity (Wildman–Crippen MR) is 119 cm³/mol. The maximum absolute atomic E-state index is 13.1. The van der Waals surface area contributed by atoms with E-state index in [2.05, 4.69) is 29.6 Å². The highest BCUT2D eigenvalue weighted by Crippen LogP contribution is 2.35. The number of carbonyl (C=O) groups excluding carboxylic acids is 1. The number of hydrogen-bond acceptors (Lipinski definition) is 4. The van der Waals surface area contributed by atoms with Crippen LogP contribution in [0.25, 0.3) is 0 Å². The van der Waals surface area contributed by atoms with E-state index in [4.69, 9.17) is 4.74 Å². The SMILES string of the molecule is O=C(NCC1CCC(c2ccccc2)CC1)c1ccccc1S(=O)(=O)N1CCOCC1. The van der Waals surface area contributed by atoms with Gasteiger partial charge in [-0.1, -0.05) is 42.5 Å². The zero-order valence-electron chi connectivity index (χ0n) is 17.7.